The third-order valence-corrected chi connectivity index (χ3v) is 3.00. The van der Waals surface area contributed by atoms with Crippen LogP contribution in [0.3, 0.4) is 0 Å². The molecule has 2 aromatic heterocycles. The van der Waals surface area contributed by atoms with Crippen LogP contribution in [-0.4, -0.2) is 27.8 Å². The van der Waals surface area contributed by atoms with Crippen LogP contribution in [0.2, 0.25) is 0 Å². The first kappa shape index (κ1) is 11.5. The Balaban J connectivity index is 2.11. The van der Waals surface area contributed by atoms with Crippen LogP contribution in [0.5, 0.6) is 0 Å². The lowest BCUT2D eigenvalue weighted by Gasteiger charge is -1.90. The van der Waals surface area contributed by atoms with E-state index in [9.17, 15) is 4.79 Å². The molecule has 5 nitrogen and oxygen atoms in total. The van der Waals surface area contributed by atoms with Crippen molar-refractivity contribution in [3.63, 3.8) is 0 Å². The number of carbonyl (C=O) groups is 1. The smallest absolute Gasteiger partial charge is 0.349 e. The van der Waals surface area contributed by atoms with Crippen molar-refractivity contribution in [2.75, 3.05) is 7.11 Å². The molecule has 0 amide bonds. The second-order valence-corrected chi connectivity index (χ2v) is 4.40. The van der Waals surface area contributed by atoms with Crippen LogP contribution in [0.25, 0.3) is 12.2 Å². The van der Waals surface area contributed by atoms with Gasteiger partial charge in [0.15, 0.2) is 0 Å². The van der Waals surface area contributed by atoms with E-state index in [1.165, 1.54) is 24.6 Å². The SMILES string of the molecule is COC(=O)c1cnc(/C=C\c2cnn(C)c2)s1. The summed E-state index contributed by atoms with van der Waals surface area (Å²) in [5, 5.41) is 4.81. The third kappa shape index (κ3) is 2.79. The molecule has 0 aliphatic heterocycles. The summed E-state index contributed by atoms with van der Waals surface area (Å²) in [6, 6.07) is 0. The minimum Gasteiger partial charge on any atom is -0.465 e. The van der Waals surface area contributed by atoms with Crippen molar-refractivity contribution in [1.82, 2.24) is 14.8 Å². The van der Waals surface area contributed by atoms with Gasteiger partial charge >= 0.3 is 5.97 Å². The summed E-state index contributed by atoms with van der Waals surface area (Å²) in [5.41, 5.74) is 0.988. The Morgan fingerprint density at radius 2 is 2.29 bits per heavy atom. The summed E-state index contributed by atoms with van der Waals surface area (Å²) in [6.45, 7) is 0. The lowest BCUT2D eigenvalue weighted by molar-refractivity contribution is 0.0606. The molecule has 2 heterocycles. The number of thiazole rings is 1. The van der Waals surface area contributed by atoms with Crippen LogP contribution in [0.1, 0.15) is 20.2 Å². The highest BCUT2D eigenvalue weighted by atomic mass is 32.1. The molecule has 0 aromatic carbocycles. The van der Waals surface area contributed by atoms with Crippen molar-refractivity contribution >= 4 is 29.5 Å². The van der Waals surface area contributed by atoms with Gasteiger partial charge in [0.2, 0.25) is 0 Å². The molecule has 0 atom stereocenters. The van der Waals surface area contributed by atoms with E-state index < -0.39 is 0 Å². The number of rotatable bonds is 3. The van der Waals surface area contributed by atoms with Gasteiger partial charge in [-0.1, -0.05) is 0 Å². The van der Waals surface area contributed by atoms with Crippen molar-refractivity contribution < 1.29 is 9.53 Å². The van der Waals surface area contributed by atoms with Crippen LogP contribution in [0.15, 0.2) is 18.6 Å². The zero-order valence-corrected chi connectivity index (χ0v) is 10.3. The van der Waals surface area contributed by atoms with E-state index in [0.29, 0.717) is 4.88 Å². The third-order valence-electron chi connectivity index (χ3n) is 2.05. The number of carbonyl (C=O) groups excluding carboxylic acids is 1. The molecule has 2 rings (SSSR count). The molecule has 0 bridgehead atoms. The van der Waals surface area contributed by atoms with Gasteiger partial charge in [0.1, 0.15) is 9.88 Å². The fourth-order valence-electron chi connectivity index (χ4n) is 1.25. The number of methoxy groups -OCH3 is 1. The maximum atomic E-state index is 11.2. The summed E-state index contributed by atoms with van der Waals surface area (Å²) >= 11 is 1.29. The van der Waals surface area contributed by atoms with Crippen molar-refractivity contribution in [1.29, 1.82) is 0 Å². The lowest BCUT2D eigenvalue weighted by atomic mass is 10.3. The zero-order valence-electron chi connectivity index (χ0n) is 9.45. The quantitative estimate of drug-likeness (QED) is 0.779. The standard InChI is InChI=1S/C11H11N3O2S/c1-14-7-8(5-13-14)3-4-10-12-6-9(17-10)11(15)16-2/h3-7H,1-2H3/b4-3-. The largest absolute Gasteiger partial charge is 0.465 e. The molecule has 0 aliphatic rings. The minimum atomic E-state index is -0.358. The van der Waals surface area contributed by atoms with Gasteiger partial charge in [-0.25, -0.2) is 9.78 Å². The Morgan fingerprint density at radius 1 is 1.47 bits per heavy atom. The molecule has 0 saturated carbocycles. The maximum absolute atomic E-state index is 11.2. The molecule has 6 heteroatoms. The van der Waals surface area contributed by atoms with Gasteiger partial charge in [0.25, 0.3) is 0 Å². The van der Waals surface area contributed by atoms with Crippen LogP contribution >= 0.6 is 11.3 Å². The monoisotopic (exact) mass is 249 g/mol. The number of hydrogen-bond donors (Lipinski definition) is 0. The first-order valence-electron chi connectivity index (χ1n) is 4.90. The molecule has 2 aromatic rings. The number of hydrogen-bond acceptors (Lipinski definition) is 5. The molecular formula is C11H11N3O2S. The first-order valence-corrected chi connectivity index (χ1v) is 5.71. The summed E-state index contributed by atoms with van der Waals surface area (Å²) in [6.07, 6.45) is 8.90. The Bertz CT molecular complexity index is 557. The normalized spacial score (nSPS) is 10.9. The predicted octanol–water partition coefficient (Wildman–Crippen LogP) is 1.83. The highest BCUT2D eigenvalue weighted by Crippen LogP contribution is 2.16. The van der Waals surface area contributed by atoms with E-state index in [1.807, 2.05) is 25.4 Å². The van der Waals surface area contributed by atoms with E-state index in [1.54, 1.807) is 10.9 Å². The molecule has 0 fully saturated rings. The number of nitrogens with zero attached hydrogens (tertiary/aromatic N) is 3. The zero-order chi connectivity index (χ0) is 12.3. The summed E-state index contributed by atoms with van der Waals surface area (Å²) in [7, 11) is 3.21. The van der Waals surface area contributed by atoms with Gasteiger partial charge in [-0.15, -0.1) is 11.3 Å². The van der Waals surface area contributed by atoms with Crippen molar-refractivity contribution in [3.8, 4) is 0 Å². The molecule has 0 spiro atoms. The number of aromatic nitrogens is 3. The second-order valence-electron chi connectivity index (χ2n) is 3.34. The highest BCUT2D eigenvalue weighted by Gasteiger charge is 2.08. The highest BCUT2D eigenvalue weighted by molar-refractivity contribution is 7.14. The second kappa shape index (κ2) is 4.92. The topological polar surface area (TPSA) is 57.0 Å². The average molecular weight is 249 g/mol. The summed E-state index contributed by atoms with van der Waals surface area (Å²) in [4.78, 5) is 15.8. The summed E-state index contributed by atoms with van der Waals surface area (Å²) < 4.78 is 6.33. The lowest BCUT2D eigenvalue weighted by Crippen LogP contribution is -1.96. The van der Waals surface area contributed by atoms with E-state index in [0.717, 1.165) is 10.6 Å². The molecule has 0 aliphatic carbocycles. The van der Waals surface area contributed by atoms with E-state index >= 15 is 0 Å². The molecule has 17 heavy (non-hydrogen) atoms. The van der Waals surface area contributed by atoms with Gasteiger partial charge < -0.3 is 4.74 Å². The predicted molar refractivity (Wildman–Crippen MR) is 65.6 cm³/mol. The Kier molecular flexibility index (Phi) is 3.34. The van der Waals surface area contributed by atoms with Gasteiger partial charge in [-0.3, -0.25) is 4.68 Å². The van der Waals surface area contributed by atoms with Crippen molar-refractivity contribution in [3.05, 3.63) is 34.0 Å². The van der Waals surface area contributed by atoms with Gasteiger partial charge in [0, 0.05) is 18.8 Å². The Hall–Kier alpha value is -1.95. The van der Waals surface area contributed by atoms with Crippen LogP contribution in [0, 0.1) is 0 Å². The van der Waals surface area contributed by atoms with E-state index in [4.69, 9.17) is 0 Å². The van der Waals surface area contributed by atoms with Gasteiger partial charge in [0.05, 0.1) is 19.5 Å². The van der Waals surface area contributed by atoms with E-state index in [-0.39, 0.29) is 5.97 Å². The molecule has 0 N–H and O–H groups in total. The van der Waals surface area contributed by atoms with E-state index in [2.05, 4.69) is 14.8 Å². The minimum absolute atomic E-state index is 0.358. The Morgan fingerprint density at radius 3 is 2.94 bits per heavy atom. The number of aryl methyl sites for hydroxylation is 1. The van der Waals surface area contributed by atoms with Crippen molar-refractivity contribution in [2.45, 2.75) is 0 Å². The molecule has 0 saturated heterocycles. The molecular weight excluding hydrogens is 238 g/mol. The van der Waals surface area contributed by atoms with Crippen LogP contribution in [-0.2, 0) is 11.8 Å². The van der Waals surface area contributed by atoms with Crippen LogP contribution < -0.4 is 0 Å². The van der Waals surface area contributed by atoms with Crippen LogP contribution in [0.4, 0.5) is 0 Å². The average Bonchev–Trinajstić information content (AvgIpc) is 2.94. The fourth-order valence-corrected chi connectivity index (χ4v) is 1.99. The molecule has 88 valence electrons. The van der Waals surface area contributed by atoms with Crippen molar-refractivity contribution in [2.24, 2.45) is 7.05 Å². The maximum Gasteiger partial charge on any atom is 0.349 e. The van der Waals surface area contributed by atoms with Gasteiger partial charge in [-0.05, 0) is 12.2 Å². The summed E-state index contributed by atoms with van der Waals surface area (Å²) in [5.74, 6) is -0.358. The number of esters is 1. The first-order chi connectivity index (χ1) is 8.19. The molecule has 0 unspecified atom stereocenters. The van der Waals surface area contributed by atoms with Gasteiger partial charge in [-0.2, -0.15) is 5.10 Å². The molecule has 0 radical (unpaired) electrons. The number of ether oxygens (including phenoxy) is 1. The fraction of sp³-hybridized carbons (Fsp3) is 0.182. The Labute approximate surface area is 102 Å².